The van der Waals surface area contributed by atoms with Gasteiger partial charge in [0.05, 0.1) is 13.2 Å². The Morgan fingerprint density at radius 1 is 0.867 bits per heavy atom. The van der Waals surface area contributed by atoms with Crippen LogP contribution in [0.5, 0.6) is 0 Å². The molecule has 2 fully saturated rings. The first-order valence-electron chi connectivity index (χ1n) is 5.42. The molecule has 86 valence electrons. The van der Waals surface area contributed by atoms with Gasteiger partial charge in [-0.1, -0.05) is 0 Å². The van der Waals surface area contributed by atoms with E-state index >= 15 is 0 Å². The fourth-order valence-electron chi connectivity index (χ4n) is 2.14. The highest BCUT2D eigenvalue weighted by molar-refractivity contribution is 5.03. The van der Waals surface area contributed by atoms with Crippen molar-refractivity contribution < 1.29 is 13.5 Å². The van der Waals surface area contributed by atoms with E-state index in [1.807, 2.05) is 0 Å². The lowest BCUT2D eigenvalue weighted by molar-refractivity contribution is 0.0352. The zero-order chi connectivity index (χ0) is 10.7. The number of ether oxygens (including phenoxy) is 1. The number of hydrogen-bond acceptors (Lipinski definition) is 3. The summed E-state index contributed by atoms with van der Waals surface area (Å²) in [6.45, 7) is 3.75. The molecule has 0 unspecified atom stereocenters. The van der Waals surface area contributed by atoms with Crippen LogP contribution in [-0.2, 0) is 4.74 Å². The lowest BCUT2D eigenvalue weighted by Gasteiger charge is -2.34. The molecule has 3 nitrogen and oxygen atoms in total. The van der Waals surface area contributed by atoms with Crippen molar-refractivity contribution >= 4 is 0 Å². The van der Waals surface area contributed by atoms with Crippen molar-refractivity contribution in [3.63, 3.8) is 0 Å². The Kier molecular flexibility index (Phi) is 3.41. The van der Waals surface area contributed by atoms with Gasteiger partial charge in [0.2, 0.25) is 0 Å². The average molecular weight is 218 g/mol. The standard InChI is InChI=1S/C10H16F2N2O/c11-9(12)10(13-3-1-2-4-13)14-5-7-15-8-6-14/h1-8H2. The van der Waals surface area contributed by atoms with Crippen molar-refractivity contribution in [2.75, 3.05) is 39.4 Å². The van der Waals surface area contributed by atoms with E-state index in [9.17, 15) is 8.78 Å². The van der Waals surface area contributed by atoms with Gasteiger partial charge >= 0.3 is 6.08 Å². The van der Waals surface area contributed by atoms with E-state index in [2.05, 4.69) is 0 Å². The summed E-state index contributed by atoms with van der Waals surface area (Å²) in [5, 5.41) is 0. The molecule has 0 aromatic heterocycles. The molecule has 2 rings (SSSR count). The second-order valence-electron chi connectivity index (χ2n) is 3.88. The number of morpholine rings is 1. The molecule has 2 saturated heterocycles. The first-order chi connectivity index (χ1) is 7.29. The number of rotatable bonds is 2. The van der Waals surface area contributed by atoms with Gasteiger partial charge in [-0.05, 0) is 12.8 Å². The largest absolute Gasteiger partial charge is 0.378 e. The second kappa shape index (κ2) is 4.79. The van der Waals surface area contributed by atoms with Crippen molar-refractivity contribution in [1.29, 1.82) is 0 Å². The minimum absolute atomic E-state index is 0.135. The van der Waals surface area contributed by atoms with Crippen molar-refractivity contribution in [2.45, 2.75) is 12.8 Å². The van der Waals surface area contributed by atoms with Crippen LogP contribution in [0.2, 0.25) is 0 Å². The van der Waals surface area contributed by atoms with Crippen molar-refractivity contribution in [3.8, 4) is 0 Å². The molecule has 0 atom stereocenters. The lowest BCUT2D eigenvalue weighted by atomic mass is 10.4. The molecular formula is C10H16F2N2O. The van der Waals surface area contributed by atoms with Crippen LogP contribution < -0.4 is 0 Å². The van der Waals surface area contributed by atoms with Crippen molar-refractivity contribution in [1.82, 2.24) is 9.80 Å². The lowest BCUT2D eigenvalue weighted by Crippen LogP contribution is -2.41. The highest BCUT2D eigenvalue weighted by Crippen LogP contribution is 2.23. The Balaban J connectivity index is 2.08. The van der Waals surface area contributed by atoms with Gasteiger partial charge in [0.1, 0.15) is 0 Å². The molecule has 0 saturated carbocycles. The molecule has 2 aliphatic rings. The van der Waals surface area contributed by atoms with Crippen LogP contribution >= 0.6 is 0 Å². The van der Waals surface area contributed by atoms with Crippen LogP contribution in [0.15, 0.2) is 11.9 Å². The van der Waals surface area contributed by atoms with E-state index in [1.54, 1.807) is 9.80 Å². The minimum atomic E-state index is -1.56. The molecule has 0 bridgehead atoms. The molecule has 5 heteroatoms. The summed E-state index contributed by atoms with van der Waals surface area (Å²) in [5.41, 5.74) is 0. The summed E-state index contributed by atoms with van der Waals surface area (Å²) in [4.78, 5) is 3.53. The maximum atomic E-state index is 12.9. The molecule has 2 aliphatic heterocycles. The normalized spacial score (nSPS) is 22.0. The summed E-state index contributed by atoms with van der Waals surface area (Å²) in [6.07, 6.45) is 0.473. The maximum absolute atomic E-state index is 12.9. The minimum Gasteiger partial charge on any atom is -0.378 e. The first kappa shape index (κ1) is 10.7. The van der Waals surface area contributed by atoms with Gasteiger partial charge in [0.25, 0.3) is 0 Å². The SMILES string of the molecule is FC(F)=C(N1CCCC1)N1CCOCC1. The van der Waals surface area contributed by atoms with Gasteiger partial charge in [0, 0.05) is 26.2 Å². The van der Waals surface area contributed by atoms with Crippen LogP contribution in [0.4, 0.5) is 8.78 Å². The van der Waals surface area contributed by atoms with E-state index in [-0.39, 0.29) is 5.82 Å². The molecule has 2 heterocycles. The zero-order valence-electron chi connectivity index (χ0n) is 8.72. The third kappa shape index (κ3) is 2.40. The first-order valence-corrected chi connectivity index (χ1v) is 5.42. The maximum Gasteiger partial charge on any atom is 0.310 e. The number of likely N-dealkylation sites (tertiary alicyclic amines) is 1. The van der Waals surface area contributed by atoms with Crippen molar-refractivity contribution in [2.24, 2.45) is 0 Å². The number of halogens is 2. The molecule has 0 spiro atoms. The summed E-state index contributed by atoms with van der Waals surface area (Å²) >= 11 is 0. The Bertz CT molecular complexity index is 242. The predicted molar refractivity (Wildman–Crippen MR) is 52.4 cm³/mol. The summed E-state index contributed by atoms with van der Waals surface area (Å²) in [7, 11) is 0. The van der Waals surface area contributed by atoms with E-state index in [0.717, 1.165) is 25.9 Å². The van der Waals surface area contributed by atoms with Gasteiger partial charge in [-0.3, -0.25) is 0 Å². The fourth-order valence-corrected chi connectivity index (χ4v) is 2.14. The van der Waals surface area contributed by atoms with E-state index < -0.39 is 6.08 Å². The molecule has 15 heavy (non-hydrogen) atoms. The van der Waals surface area contributed by atoms with Gasteiger partial charge in [-0.2, -0.15) is 8.78 Å². The number of nitrogens with zero attached hydrogens (tertiary/aromatic N) is 2. The molecular weight excluding hydrogens is 202 g/mol. The topological polar surface area (TPSA) is 15.7 Å². The molecule has 0 aliphatic carbocycles. The van der Waals surface area contributed by atoms with Crippen molar-refractivity contribution in [3.05, 3.63) is 11.9 Å². The predicted octanol–water partition coefficient (Wildman–Crippen LogP) is 1.48. The van der Waals surface area contributed by atoms with Crippen LogP contribution in [-0.4, -0.2) is 49.2 Å². The Morgan fingerprint density at radius 3 is 1.93 bits per heavy atom. The average Bonchev–Trinajstić information content (AvgIpc) is 2.72. The van der Waals surface area contributed by atoms with Crippen LogP contribution in [0, 0.1) is 0 Å². The summed E-state index contributed by atoms with van der Waals surface area (Å²) in [5.74, 6) is 0.135. The van der Waals surface area contributed by atoms with Crippen LogP contribution in [0.3, 0.4) is 0 Å². The molecule has 0 aromatic rings. The quantitative estimate of drug-likeness (QED) is 0.698. The fraction of sp³-hybridized carbons (Fsp3) is 0.800. The van der Waals surface area contributed by atoms with Gasteiger partial charge in [0.15, 0.2) is 5.82 Å². The molecule has 0 amide bonds. The molecule has 0 aromatic carbocycles. The Labute approximate surface area is 88.3 Å². The van der Waals surface area contributed by atoms with Gasteiger partial charge < -0.3 is 14.5 Å². The molecule has 0 radical (unpaired) electrons. The summed E-state index contributed by atoms with van der Waals surface area (Å²) < 4.78 is 30.9. The highest BCUT2D eigenvalue weighted by atomic mass is 19.3. The van der Waals surface area contributed by atoms with Crippen LogP contribution in [0.1, 0.15) is 12.8 Å². The third-order valence-corrected chi connectivity index (χ3v) is 2.89. The van der Waals surface area contributed by atoms with E-state index in [1.165, 1.54) is 0 Å². The monoisotopic (exact) mass is 218 g/mol. The molecule has 0 N–H and O–H groups in total. The highest BCUT2D eigenvalue weighted by Gasteiger charge is 2.25. The van der Waals surface area contributed by atoms with Gasteiger partial charge in [-0.15, -0.1) is 0 Å². The second-order valence-corrected chi connectivity index (χ2v) is 3.88. The smallest absolute Gasteiger partial charge is 0.310 e. The third-order valence-electron chi connectivity index (χ3n) is 2.89. The summed E-state index contributed by atoms with van der Waals surface area (Å²) in [6, 6.07) is 0. The number of hydrogen-bond donors (Lipinski definition) is 0. The van der Waals surface area contributed by atoms with Crippen LogP contribution in [0.25, 0.3) is 0 Å². The van der Waals surface area contributed by atoms with E-state index in [0.29, 0.717) is 26.3 Å². The Morgan fingerprint density at radius 2 is 1.40 bits per heavy atom. The zero-order valence-corrected chi connectivity index (χ0v) is 8.72. The van der Waals surface area contributed by atoms with E-state index in [4.69, 9.17) is 4.74 Å². The van der Waals surface area contributed by atoms with Gasteiger partial charge in [-0.25, -0.2) is 0 Å². The Hall–Kier alpha value is -0.840.